The van der Waals surface area contributed by atoms with E-state index in [1.165, 1.54) is 0 Å². The Hall–Kier alpha value is -3.73. The minimum Gasteiger partial charge on any atom is -0.361 e. The molecule has 5 rings (SSSR count). The van der Waals surface area contributed by atoms with Crippen LogP contribution in [0.5, 0.6) is 0 Å². The fourth-order valence-electron chi connectivity index (χ4n) is 3.17. The van der Waals surface area contributed by atoms with Gasteiger partial charge in [0.1, 0.15) is 12.1 Å². The summed E-state index contributed by atoms with van der Waals surface area (Å²) in [5, 5.41) is 6.76. The summed E-state index contributed by atoms with van der Waals surface area (Å²) in [5.74, 6) is 0.758. The number of nitrogens with one attached hydrogen (secondary N) is 2. The zero-order chi connectivity index (χ0) is 17.3. The molecule has 2 N–H and O–H groups in total. The number of H-pyrrole nitrogens is 1. The molecule has 5 aromatic rings. The molecule has 0 atom stereocenters. The third kappa shape index (κ3) is 2.56. The smallest absolute Gasteiger partial charge is 0.134 e. The molecule has 0 aliphatic carbocycles. The van der Waals surface area contributed by atoms with Crippen LogP contribution in [0.2, 0.25) is 0 Å². The van der Waals surface area contributed by atoms with Gasteiger partial charge in [-0.1, -0.05) is 18.2 Å². The fraction of sp³-hybridized carbons (Fsp3) is 0. The predicted molar refractivity (Wildman–Crippen MR) is 104 cm³/mol. The number of rotatable bonds is 3. The van der Waals surface area contributed by atoms with Crippen molar-refractivity contribution in [2.24, 2.45) is 0 Å². The van der Waals surface area contributed by atoms with Crippen LogP contribution in [0.1, 0.15) is 0 Å². The largest absolute Gasteiger partial charge is 0.361 e. The van der Waals surface area contributed by atoms with Gasteiger partial charge in [0.15, 0.2) is 0 Å². The van der Waals surface area contributed by atoms with Crippen LogP contribution in [-0.2, 0) is 0 Å². The van der Waals surface area contributed by atoms with Crippen molar-refractivity contribution in [3.63, 3.8) is 0 Å². The highest BCUT2D eigenvalue weighted by Gasteiger charge is 2.06. The van der Waals surface area contributed by atoms with Crippen LogP contribution < -0.4 is 5.32 Å². The third-order valence-electron chi connectivity index (χ3n) is 4.46. The van der Waals surface area contributed by atoms with Crippen molar-refractivity contribution in [2.75, 3.05) is 5.32 Å². The van der Waals surface area contributed by atoms with Crippen LogP contribution in [0.25, 0.3) is 32.9 Å². The SMILES string of the molecule is c1cc(Nc2cc(-c3ccc4[nH]ccc4c3)ncn2)c2ccncc2c1. The average molecular weight is 337 g/mol. The lowest BCUT2D eigenvalue weighted by Crippen LogP contribution is -1.96. The summed E-state index contributed by atoms with van der Waals surface area (Å²) < 4.78 is 0. The van der Waals surface area contributed by atoms with Gasteiger partial charge >= 0.3 is 0 Å². The van der Waals surface area contributed by atoms with Gasteiger partial charge in [-0.05, 0) is 30.3 Å². The van der Waals surface area contributed by atoms with Crippen molar-refractivity contribution >= 4 is 33.2 Å². The maximum absolute atomic E-state index is 4.43. The van der Waals surface area contributed by atoms with E-state index in [0.717, 1.165) is 44.4 Å². The highest BCUT2D eigenvalue weighted by Crippen LogP contribution is 2.27. The molecule has 0 bridgehead atoms. The van der Waals surface area contributed by atoms with Crippen molar-refractivity contribution in [1.82, 2.24) is 19.9 Å². The molecule has 5 nitrogen and oxygen atoms in total. The van der Waals surface area contributed by atoms with E-state index in [1.807, 2.05) is 42.7 Å². The molecule has 0 amide bonds. The van der Waals surface area contributed by atoms with Crippen LogP contribution in [0.15, 0.2) is 79.5 Å². The van der Waals surface area contributed by atoms with Crippen LogP contribution in [0.3, 0.4) is 0 Å². The number of fused-ring (bicyclic) bond motifs is 2. The zero-order valence-corrected chi connectivity index (χ0v) is 13.8. The van der Waals surface area contributed by atoms with Crippen molar-refractivity contribution in [2.45, 2.75) is 0 Å². The molecule has 0 unspecified atom stereocenters. The van der Waals surface area contributed by atoms with Crippen LogP contribution in [0.4, 0.5) is 11.5 Å². The molecule has 5 heteroatoms. The number of aromatic nitrogens is 4. The molecule has 2 aromatic carbocycles. The van der Waals surface area contributed by atoms with E-state index >= 15 is 0 Å². The molecule has 0 saturated carbocycles. The van der Waals surface area contributed by atoms with E-state index < -0.39 is 0 Å². The van der Waals surface area contributed by atoms with Crippen LogP contribution in [0, 0.1) is 0 Å². The number of aromatic amines is 1. The zero-order valence-electron chi connectivity index (χ0n) is 13.8. The molecule has 124 valence electrons. The second kappa shape index (κ2) is 5.97. The van der Waals surface area contributed by atoms with E-state index in [2.05, 4.69) is 49.5 Å². The summed E-state index contributed by atoms with van der Waals surface area (Å²) >= 11 is 0. The summed E-state index contributed by atoms with van der Waals surface area (Å²) in [5.41, 5.74) is 4.05. The highest BCUT2D eigenvalue weighted by atomic mass is 15.0. The van der Waals surface area contributed by atoms with Crippen molar-refractivity contribution in [3.8, 4) is 11.3 Å². The maximum atomic E-state index is 4.43. The topological polar surface area (TPSA) is 66.5 Å². The number of pyridine rings is 1. The van der Waals surface area contributed by atoms with Crippen molar-refractivity contribution < 1.29 is 0 Å². The first-order valence-corrected chi connectivity index (χ1v) is 8.36. The van der Waals surface area contributed by atoms with E-state index in [9.17, 15) is 0 Å². The van der Waals surface area contributed by atoms with Gasteiger partial charge in [0.25, 0.3) is 0 Å². The van der Waals surface area contributed by atoms with Gasteiger partial charge in [-0.15, -0.1) is 0 Å². The number of hydrogen-bond acceptors (Lipinski definition) is 4. The summed E-state index contributed by atoms with van der Waals surface area (Å²) in [4.78, 5) is 16.2. The molecule has 3 aromatic heterocycles. The summed E-state index contributed by atoms with van der Waals surface area (Å²) in [6.07, 6.45) is 7.19. The van der Waals surface area contributed by atoms with Gasteiger partial charge in [-0.2, -0.15) is 0 Å². The monoisotopic (exact) mass is 337 g/mol. The molecule has 0 spiro atoms. The van der Waals surface area contributed by atoms with Gasteiger partial charge in [-0.3, -0.25) is 4.98 Å². The normalized spacial score (nSPS) is 11.1. The fourth-order valence-corrected chi connectivity index (χ4v) is 3.17. The maximum Gasteiger partial charge on any atom is 0.134 e. The third-order valence-corrected chi connectivity index (χ3v) is 4.46. The number of nitrogens with zero attached hydrogens (tertiary/aromatic N) is 3. The van der Waals surface area contributed by atoms with Gasteiger partial charge < -0.3 is 10.3 Å². The van der Waals surface area contributed by atoms with E-state index in [-0.39, 0.29) is 0 Å². The molecule has 0 saturated heterocycles. The minimum atomic E-state index is 0.758. The van der Waals surface area contributed by atoms with Crippen molar-refractivity contribution in [3.05, 3.63) is 79.5 Å². The quantitative estimate of drug-likeness (QED) is 0.490. The molecule has 0 aliphatic rings. The summed E-state index contributed by atoms with van der Waals surface area (Å²) in [6, 6.07) is 18.4. The van der Waals surface area contributed by atoms with Crippen LogP contribution >= 0.6 is 0 Å². The number of hydrogen-bond donors (Lipinski definition) is 2. The second-order valence-corrected chi connectivity index (χ2v) is 6.10. The standard InChI is InChI=1S/C21H15N5/c1-2-16-12-22-8-7-17(16)19(3-1)26-21-11-20(24-13-25-21)14-4-5-18-15(10-14)6-9-23-18/h1-13,23H,(H,24,25,26). The first kappa shape index (κ1) is 14.6. The summed E-state index contributed by atoms with van der Waals surface area (Å²) in [7, 11) is 0. The molecular formula is C21H15N5. The molecule has 26 heavy (non-hydrogen) atoms. The second-order valence-electron chi connectivity index (χ2n) is 6.10. The van der Waals surface area contributed by atoms with Gasteiger partial charge in [0.05, 0.1) is 5.69 Å². The van der Waals surface area contributed by atoms with Gasteiger partial charge in [0.2, 0.25) is 0 Å². The molecular weight excluding hydrogens is 322 g/mol. The average Bonchev–Trinajstić information content (AvgIpc) is 3.16. The first-order chi connectivity index (χ1) is 12.9. The number of anilines is 2. The Balaban J connectivity index is 1.53. The lowest BCUT2D eigenvalue weighted by molar-refractivity contribution is 1.17. The van der Waals surface area contributed by atoms with Crippen LogP contribution in [-0.4, -0.2) is 19.9 Å². The lowest BCUT2D eigenvalue weighted by atomic mass is 10.1. The van der Waals surface area contributed by atoms with Gasteiger partial charge in [-0.25, -0.2) is 9.97 Å². The Morgan fingerprint density at radius 2 is 1.88 bits per heavy atom. The molecule has 0 fully saturated rings. The Morgan fingerprint density at radius 1 is 0.885 bits per heavy atom. The Bertz CT molecular complexity index is 1220. The Labute approximate surface area is 149 Å². The lowest BCUT2D eigenvalue weighted by Gasteiger charge is -2.10. The Morgan fingerprint density at radius 3 is 2.88 bits per heavy atom. The molecule has 3 heterocycles. The highest BCUT2D eigenvalue weighted by molar-refractivity contribution is 5.94. The van der Waals surface area contributed by atoms with E-state index in [1.54, 1.807) is 12.5 Å². The van der Waals surface area contributed by atoms with Gasteiger partial charge in [0, 0.05) is 57.6 Å². The first-order valence-electron chi connectivity index (χ1n) is 8.36. The van der Waals surface area contributed by atoms with Crippen molar-refractivity contribution in [1.29, 1.82) is 0 Å². The summed E-state index contributed by atoms with van der Waals surface area (Å²) in [6.45, 7) is 0. The molecule has 0 aliphatic heterocycles. The minimum absolute atomic E-state index is 0.758. The van der Waals surface area contributed by atoms with E-state index in [4.69, 9.17) is 0 Å². The predicted octanol–water partition coefficient (Wildman–Crippen LogP) is 4.92. The number of benzene rings is 2. The molecule has 0 radical (unpaired) electrons. The Kier molecular flexibility index (Phi) is 3.35. The van der Waals surface area contributed by atoms with E-state index in [0.29, 0.717) is 0 Å².